The number of hydrogen-bond acceptors (Lipinski definition) is 5. The van der Waals surface area contributed by atoms with Gasteiger partial charge < -0.3 is 14.4 Å². The Balaban J connectivity index is 1.85. The topological polar surface area (TPSA) is 42.0 Å². The van der Waals surface area contributed by atoms with Crippen LogP contribution in [-0.4, -0.2) is 69.6 Å². The molecule has 0 spiro atoms. The van der Waals surface area contributed by atoms with Gasteiger partial charge in [0, 0.05) is 38.3 Å². The molecule has 0 aliphatic carbocycles. The summed E-state index contributed by atoms with van der Waals surface area (Å²) in [5, 5.41) is 0. The standard InChI is InChI=1S/C15H22N2O3/c1-16-5-7-17(8-6-16)9-10-20-15-11-13(12-18)3-4-14(15)19-2/h3-4,11-12H,5-10H2,1-2H3. The molecule has 0 unspecified atom stereocenters. The zero-order valence-electron chi connectivity index (χ0n) is 12.2. The van der Waals surface area contributed by atoms with Crippen LogP contribution in [0.2, 0.25) is 0 Å². The number of rotatable bonds is 6. The maximum absolute atomic E-state index is 10.8. The van der Waals surface area contributed by atoms with E-state index in [1.807, 2.05) is 0 Å². The van der Waals surface area contributed by atoms with E-state index in [4.69, 9.17) is 9.47 Å². The fourth-order valence-electron chi connectivity index (χ4n) is 2.24. The van der Waals surface area contributed by atoms with Crippen LogP contribution in [0.1, 0.15) is 10.4 Å². The van der Waals surface area contributed by atoms with Gasteiger partial charge in [-0.3, -0.25) is 9.69 Å². The lowest BCUT2D eigenvalue weighted by atomic mass is 10.2. The zero-order chi connectivity index (χ0) is 14.4. The maximum Gasteiger partial charge on any atom is 0.161 e. The Morgan fingerprint density at radius 1 is 1.20 bits per heavy atom. The molecule has 1 aromatic carbocycles. The van der Waals surface area contributed by atoms with Gasteiger partial charge in [0.2, 0.25) is 0 Å². The molecule has 5 heteroatoms. The van der Waals surface area contributed by atoms with Gasteiger partial charge in [-0.15, -0.1) is 0 Å². The number of carbonyl (C=O) groups is 1. The Kier molecular flexibility index (Phi) is 5.38. The highest BCUT2D eigenvalue weighted by Crippen LogP contribution is 2.27. The summed E-state index contributed by atoms with van der Waals surface area (Å²) < 4.78 is 11.0. The zero-order valence-corrected chi connectivity index (χ0v) is 12.2. The number of nitrogens with zero attached hydrogens (tertiary/aromatic N) is 2. The second-order valence-electron chi connectivity index (χ2n) is 5.02. The van der Waals surface area contributed by atoms with Crippen LogP contribution in [0, 0.1) is 0 Å². The van der Waals surface area contributed by atoms with Crippen LogP contribution in [0.4, 0.5) is 0 Å². The van der Waals surface area contributed by atoms with Crippen molar-refractivity contribution in [2.45, 2.75) is 0 Å². The number of benzene rings is 1. The summed E-state index contributed by atoms with van der Waals surface area (Å²) in [7, 11) is 3.74. The minimum Gasteiger partial charge on any atom is -0.493 e. The van der Waals surface area contributed by atoms with Crippen LogP contribution >= 0.6 is 0 Å². The smallest absolute Gasteiger partial charge is 0.161 e. The first-order chi connectivity index (χ1) is 9.72. The molecule has 2 rings (SSSR count). The van der Waals surface area contributed by atoms with Crippen LogP contribution < -0.4 is 9.47 Å². The van der Waals surface area contributed by atoms with Gasteiger partial charge in [-0.05, 0) is 25.2 Å². The van der Waals surface area contributed by atoms with Gasteiger partial charge >= 0.3 is 0 Å². The minimum absolute atomic E-state index is 0.598. The fraction of sp³-hybridized carbons (Fsp3) is 0.533. The van der Waals surface area contributed by atoms with E-state index < -0.39 is 0 Å². The van der Waals surface area contributed by atoms with Crippen LogP contribution in [0.5, 0.6) is 11.5 Å². The van der Waals surface area contributed by atoms with Crippen LogP contribution in [0.3, 0.4) is 0 Å². The summed E-state index contributed by atoms with van der Waals surface area (Å²) in [6, 6.07) is 5.20. The number of hydrogen-bond donors (Lipinski definition) is 0. The van der Waals surface area contributed by atoms with E-state index in [-0.39, 0.29) is 0 Å². The highest BCUT2D eigenvalue weighted by molar-refractivity contribution is 5.76. The van der Waals surface area contributed by atoms with Crippen molar-refractivity contribution in [3.8, 4) is 11.5 Å². The number of likely N-dealkylation sites (N-methyl/N-ethyl adjacent to an activating group) is 1. The molecule has 1 fully saturated rings. The van der Waals surface area contributed by atoms with Crippen LogP contribution in [0.15, 0.2) is 18.2 Å². The fourth-order valence-corrected chi connectivity index (χ4v) is 2.24. The molecule has 0 N–H and O–H groups in total. The number of carbonyl (C=O) groups excluding carboxylic acids is 1. The summed E-state index contributed by atoms with van der Waals surface area (Å²) in [4.78, 5) is 15.5. The number of aldehydes is 1. The van der Waals surface area contributed by atoms with Crippen LogP contribution in [-0.2, 0) is 0 Å². The third-order valence-electron chi connectivity index (χ3n) is 3.58. The van der Waals surface area contributed by atoms with Crippen molar-refractivity contribution in [1.29, 1.82) is 0 Å². The lowest BCUT2D eigenvalue weighted by molar-refractivity contribution is 0.112. The van der Waals surface area contributed by atoms with Crippen molar-refractivity contribution in [2.24, 2.45) is 0 Å². The molecule has 0 radical (unpaired) electrons. The number of piperazine rings is 1. The Labute approximate surface area is 120 Å². The van der Waals surface area contributed by atoms with E-state index in [1.54, 1.807) is 25.3 Å². The van der Waals surface area contributed by atoms with Gasteiger partial charge in [-0.2, -0.15) is 0 Å². The average molecular weight is 278 g/mol. The lowest BCUT2D eigenvalue weighted by Crippen LogP contribution is -2.45. The molecule has 20 heavy (non-hydrogen) atoms. The molecule has 1 saturated heterocycles. The summed E-state index contributed by atoms with van der Waals surface area (Å²) in [5.74, 6) is 1.29. The van der Waals surface area contributed by atoms with Gasteiger partial charge in [-0.25, -0.2) is 0 Å². The van der Waals surface area contributed by atoms with Gasteiger partial charge in [-0.1, -0.05) is 0 Å². The highest BCUT2D eigenvalue weighted by Gasteiger charge is 2.13. The Morgan fingerprint density at radius 3 is 2.60 bits per heavy atom. The first-order valence-corrected chi connectivity index (χ1v) is 6.90. The van der Waals surface area contributed by atoms with E-state index in [9.17, 15) is 4.79 Å². The molecule has 0 bridgehead atoms. The van der Waals surface area contributed by atoms with Crippen molar-refractivity contribution in [3.05, 3.63) is 23.8 Å². The van der Waals surface area contributed by atoms with E-state index in [0.29, 0.717) is 23.7 Å². The summed E-state index contributed by atoms with van der Waals surface area (Å²) in [6.07, 6.45) is 0.812. The van der Waals surface area contributed by atoms with Gasteiger partial charge in [0.15, 0.2) is 11.5 Å². The monoisotopic (exact) mass is 278 g/mol. The van der Waals surface area contributed by atoms with Crippen molar-refractivity contribution in [2.75, 3.05) is 53.5 Å². The molecule has 1 aliphatic heterocycles. The quantitative estimate of drug-likeness (QED) is 0.730. The van der Waals surface area contributed by atoms with Gasteiger partial charge in [0.1, 0.15) is 12.9 Å². The first-order valence-electron chi connectivity index (χ1n) is 6.90. The molecule has 1 aliphatic rings. The highest BCUT2D eigenvalue weighted by atomic mass is 16.5. The molecule has 0 aromatic heterocycles. The average Bonchev–Trinajstić information content (AvgIpc) is 2.49. The molecule has 110 valence electrons. The minimum atomic E-state index is 0.598. The lowest BCUT2D eigenvalue weighted by Gasteiger charge is -2.32. The second kappa shape index (κ2) is 7.26. The first kappa shape index (κ1) is 14.8. The van der Waals surface area contributed by atoms with Crippen LogP contribution in [0.25, 0.3) is 0 Å². The summed E-state index contributed by atoms with van der Waals surface area (Å²) in [6.45, 7) is 5.84. The van der Waals surface area contributed by atoms with Crippen molar-refractivity contribution in [3.63, 3.8) is 0 Å². The second-order valence-corrected chi connectivity index (χ2v) is 5.02. The van der Waals surface area contributed by atoms with Crippen molar-refractivity contribution in [1.82, 2.24) is 9.80 Å². The van der Waals surface area contributed by atoms with E-state index in [2.05, 4.69) is 16.8 Å². The normalized spacial score (nSPS) is 16.9. The third kappa shape index (κ3) is 3.95. The Hall–Kier alpha value is -1.59. The van der Waals surface area contributed by atoms with E-state index >= 15 is 0 Å². The van der Waals surface area contributed by atoms with Crippen molar-refractivity contribution >= 4 is 6.29 Å². The summed E-state index contributed by atoms with van der Waals surface area (Å²) >= 11 is 0. The molecule has 0 atom stereocenters. The maximum atomic E-state index is 10.8. The molecular weight excluding hydrogens is 256 g/mol. The third-order valence-corrected chi connectivity index (χ3v) is 3.58. The molecular formula is C15H22N2O3. The molecule has 0 amide bonds. The molecule has 0 saturated carbocycles. The summed E-state index contributed by atoms with van der Waals surface area (Å²) in [5.41, 5.74) is 0.598. The number of methoxy groups -OCH3 is 1. The SMILES string of the molecule is COc1ccc(C=O)cc1OCCN1CCN(C)CC1. The van der Waals surface area contributed by atoms with Crippen molar-refractivity contribution < 1.29 is 14.3 Å². The van der Waals surface area contributed by atoms with Gasteiger partial charge in [0.25, 0.3) is 0 Å². The predicted octanol–water partition coefficient (Wildman–Crippen LogP) is 1.13. The predicted molar refractivity (Wildman–Crippen MR) is 77.8 cm³/mol. The molecule has 1 heterocycles. The molecule has 1 aromatic rings. The van der Waals surface area contributed by atoms with Gasteiger partial charge in [0.05, 0.1) is 7.11 Å². The van der Waals surface area contributed by atoms with E-state index in [0.717, 1.165) is 39.0 Å². The largest absolute Gasteiger partial charge is 0.493 e. The van der Waals surface area contributed by atoms with E-state index in [1.165, 1.54) is 0 Å². The number of ether oxygens (including phenoxy) is 2. The Morgan fingerprint density at radius 2 is 1.95 bits per heavy atom. The Bertz CT molecular complexity index is 443. The molecule has 5 nitrogen and oxygen atoms in total.